The number of anilines is 1. The molecule has 9 heteroatoms. The van der Waals surface area contributed by atoms with Crippen molar-refractivity contribution in [2.75, 3.05) is 51.3 Å². The predicted molar refractivity (Wildman–Crippen MR) is 159 cm³/mol. The second-order valence-corrected chi connectivity index (χ2v) is 11.2. The van der Waals surface area contributed by atoms with Gasteiger partial charge >= 0.3 is 12.1 Å². The summed E-state index contributed by atoms with van der Waals surface area (Å²) < 4.78 is 4.80. The number of carbonyl (C=O) groups excluding carboxylic acids is 1. The van der Waals surface area contributed by atoms with Crippen LogP contribution in [0.4, 0.5) is 10.5 Å². The van der Waals surface area contributed by atoms with Crippen molar-refractivity contribution in [2.45, 2.75) is 25.5 Å². The third-order valence-corrected chi connectivity index (χ3v) is 8.53. The lowest BCUT2D eigenvalue weighted by Gasteiger charge is -2.36. The minimum absolute atomic E-state index is 0.0982. The Kier molecular flexibility index (Phi) is 9.12. The summed E-state index contributed by atoms with van der Waals surface area (Å²) >= 11 is 6.16. The van der Waals surface area contributed by atoms with E-state index in [0.29, 0.717) is 43.3 Å². The molecule has 2 fully saturated rings. The first-order valence-electron chi connectivity index (χ1n) is 14.0. The number of piperidine rings is 1. The molecular formula is C32H36ClN3O5. The lowest BCUT2D eigenvalue weighted by molar-refractivity contribution is 0.0600. The van der Waals surface area contributed by atoms with Gasteiger partial charge in [-0.1, -0.05) is 41.9 Å². The van der Waals surface area contributed by atoms with Crippen molar-refractivity contribution in [3.8, 4) is 11.1 Å². The quantitative estimate of drug-likeness (QED) is 0.356. The maximum Gasteiger partial charge on any atom is 0.407 e. The van der Waals surface area contributed by atoms with Crippen LogP contribution < -0.4 is 4.90 Å². The normalized spacial score (nSPS) is 17.3. The second kappa shape index (κ2) is 12.9. The molecular weight excluding hydrogens is 542 g/mol. The number of rotatable bonds is 7. The van der Waals surface area contributed by atoms with Crippen molar-refractivity contribution >= 4 is 29.4 Å². The molecule has 1 unspecified atom stereocenters. The number of amides is 1. The van der Waals surface area contributed by atoms with E-state index in [4.69, 9.17) is 16.3 Å². The van der Waals surface area contributed by atoms with Crippen LogP contribution in [0, 0.1) is 5.92 Å². The summed E-state index contributed by atoms with van der Waals surface area (Å²) in [4.78, 5) is 29.1. The smallest absolute Gasteiger partial charge is 0.407 e. The van der Waals surface area contributed by atoms with E-state index in [0.717, 1.165) is 53.9 Å². The van der Waals surface area contributed by atoms with E-state index in [1.54, 1.807) is 12.1 Å². The maximum atomic E-state index is 11.8. The molecule has 5 rings (SSSR count). The highest BCUT2D eigenvalue weighted by Gasteiger charge is 2.29. The Hall–Kier alpha value is -3.59. The van der Waals surface area contributed by atoms with Crippen LogP contribution in [-0.2, 0) is 11.3 Å². The molecule has 8 nitrogen and oxygen atoms in total. The van der Waals surface area contributed by atoms with Crippen LogP contribution in [0.3, 0.4) is 0 Å². The second-order valence-electron chi connectivity index (χ2n) is 10.8. The van der Waals surface area contributed by atoms with Gasteiger partial charge in [-0.15, -0.1) is 0 Å². The number of methoxy groups -OCH3 is 1. The minimum Gasteiger partial charge on any atom is -0.465 e. The SMILES string of the molecule is COC(=O)c1ccc(N2CCC(C(O)c3cc(CN4CCN(C(=O)O)CC4)ccc3-c3ccc(Cl)cc3)CC2)cc1. The molecule has 0 spiro atoms. The first kappa shape index (κ1) is 28.9. The van der Waals surface area contributed by atoms with Gasteiger partial charge in [0, 0.05) is 56.5 Å². The van der Waals surface area contributed by atoms with Gasteiger partial charge in [0.05, 0.1) is 18.8 Å². The molecule has 0 aliphatic carbocycles. The molecule has 2 saturated heterocycles. The molecule has 0 aromatic heterocycles. The lowest BCUT2D eigenvalue weighted by atomic mass is 9.83. The fourth-order valence-electron chi connectivity index (χ4n) is 5.86. The van der Waals surface area contributed by atoms with Crippen LogP contribution in [0.25, 0.3) is 11.1 Å². The van der Waals surface area contributed by atoms with Crippen molar-refractivity contribution in [2.24, 2.45) is 5.92 Å². The Morgan fingerprint density at radius 2 is 1.59 bits per heavy atom. The number of carbonyl (C=O) groups is 2. The molecule has 0 bridgehead atoms. The van der Waals surface area contributed by atoms with E-state index in [9.17, 15) is 19.8 Å². The summed E-state index contributed by atoms with van der Waals surface area (Å²) in [5, 5.41) is 21.7. The van der Waals surface area contributed by atoms with Crippen molar-refractivity contribution in [1.29, 1.82) is 0 Å². The van der Waals surface area contributed by atoms with Gasteiger partial charge in [0.1, 0.15) is 0 Å². The molecule has 2 heterocycles. The highest BCUT2D eigenvalue weighted by molar-refractivity contribution is 6.30. The summed E-state index contributed by atoms with van der Waals surface area (Å²) in [6.45, 7) is 4.68. The first-order chi connectivity index (χ1) is 19.8. The summed E-state index contributed by atoms with van der Waals surface area (Å²) in [6, 6.07) is 21.5. The number of benzene rings is 3. The number of carboxylic acid groups (broad SMARTS) is 1. The molecule has 0 radical (unpaired) electrons. The number of aliphatic hydroxyl groups excluding tert-OH is 1. The predicted octanol–water partition coefficient (Wildman–Crippen LogP) is 5.54. The topological polar surface area (TPSA) is 93.5 Å². The number of hydrogen-bond donors (Lipinski definition) is 2. The summed E-state index contributed by atoms with van der Waals surface area (Å²) in [5.74, 6) is -0.249. The average molecular weight is 578 g/mol. The van der Waals surface area contributed by atoms with Gasteiger partial charge < -0.3 is 24.7 Å². The van der Waals surface area contributed by atoms with Gasteiger partial charge in [-0.25, -0.2) is 9.59 Å². The number of nitrogens with zero attached hydrogens (tertiary/aromatic N) is 3. The van der Waals surface area contributed by atoms with Crippen LogP contribution in [-0.4, -0.2) is 78.5 Å². The van der Waals surface area contributed by atoms with Crippen LogP contribution in [0.5, 0.6) is 0 Å². The first-order valence-corrected chi connectivity index (χ1v) is 14.4. The Bertz CT molecular complexity index is 1350. The van der Waals surface area contributed by atoms with Crippen molar-refractivity contribution in [1.82, 2.24) is 9.80 Å². The molecule has 0 saturated carbocycles. The van der Waals surface area contributed by atoms with Crippen molar-refractivity contribution < 1.29 is 24.5 Å². The van der Waals surface area contributed by atoms with Crippen LogP contribution in [0.1, 0.15) is 40.4 Å². The van der Waals surface area contributed by atoms with Crippen LogP contribution >= 0.6 is 11.6 Å². The standard InChI is InChI=1S/C32H36ClN3O5/c1-41-31(38)25-5-9-27(10-6-25)35-14-12-24(13-15-35)30(37)29-20-22(21-34-16-18-36(19-17-34)32(39)40)2-11-28(29)23-3-7-26(33)8-4-23/h2-11,20,24,30,37H,12-19,21H2,1H3,(H,39,40). The Labute approximate surface area is 245 Å². The fourth-order valence-corrected chi connectivity index (χ4v) is 5.98. The van der Waals surface area contributed by atoms with Crippen LogP contribution in [0.15, 0.2) is 66.7 Å². The van der Waals surface area contributed by atoms with E-state index in [2.05, 4.69) is 28.0 Å². The Balaban J connectivity index is 1.31. The number of ether oxygens (including phenoxy) is 1. The average Bonchev–Trinajstić information content (AvgIpc) is 3.01. The third-order valence-electron chi connectivity index (χ3n) is 8.28. The highest BCUT2D eigenvalue weighted by atomic mass is 35.5. The van der Waals surface area contributed by atoms with E-state index in [-0.39, 0.29) is 11.9 Å². The molecule has 3 aromatic carbocycles. The third kappa shape index (κ3) is 6.84. The van der Waals surface area contributed by atoms with Gasteiger partial charge in [0.25, 0.3) is 0 Å². The summed E-state index contributed by atoms with van der Waals surface area (Å²) in [6.07, 6.45) is 0.169. The Morgan fingerprint density at radius 3 is 2.20 bits per heavy atom. The van der Waals surface area contributed by atoms with E-state index >= 15 is 0 Å². The number of esters is 1. The minimum atomic E-state index is -0.869. The van der Waals surface area contributed by atoms with Crippen LogP contribution in [0.2, 0.25) is 5.02 Å². The molecule has 41 heavy (non-hydrogen) atoms. The monoisotopic (exact) mass is 577 g/mol. The zero-order chi connectivity index (χ0) is 28.9. The molecule has 2 aliphatic heterocycles. The molecule has 2 aliphatic rings. The summed E-state index contributed by atoms with van der Waals surface area (Å²) in [5.41, 5.74) is 5.60. The van der Waals surface area contributed by atoms with Gasteiger partial charge in [0.15, 0.2) is 0 Å². The number of hydrogen-bond acceptors (Lipinski definition) is 6. The van der Waals surface area contributed by atoms with Crippen molar-refractivity contribution in [3.63, 3.8) is 0 Å². The van der Waals surface area contributed by atoms with Crippen molar-refractivity contribution in [3.05, 3.63) is 88.4 Å². The van der Waals surface area contributed by atoms with E-state index in [1.807, 2.05) is 36.4 Å². The molecule has 216 valence electrons. The van der Waals surface area contributed by atoms with Gasteiger partial charge in [-0.2, -0.15) is 0 Å². The largest absolute Gasteiger partial charge is 0.465 e. The number of halogens is 1. The lowest BCUT2D eigenvalue weighted by Crippen LogP contribution is -2.47. The highest BCUT2D eigenvalue weighted by Crippen LogP contribution is 2.38. The zero-order valence-corrected chi connectivity index (χ0v) is 24.0. The number of aliphatic hydroxyl groups is 1. The Morgan fingerprint density at radius 1 is 0.927 bits per heavy atom. The van der Waals surface area contributed by atoms with Gasteiger partial charge in [-0.05, 0) is 77.4 Å². The van der Waals surface area contributed by atoms with Gasteiger partial charge in [0.2, 0.25) is 0 Å². The van der Waals surface area contributed by atoms with E-state index in [1.165, 1.54) is 12.0 Å². The molecule has 2 N–H and O–H groups in total. The fraction of sp³-hybridized carbons (Fsp3) is 0.375. The number of piperazine rings is 1. The molecule has 3 aromatic rings. The summed E-state index contributed by atoms with van der Waals surface area (Å²) in [7, 11) is 1.38. The zero-order valence-electron chi connectivity index (χ0n) is 23.2. The van der Waals surface area contributed by atoms with Gasteiger partial charge in [-0.3, -0.25) is 4.90 Å². The molecule has 1 amide bonds. The maximum absolute atomic E-state index is 11.8. The van der Waals surface area contributed by atoms with E-state index < -0.39 is 12.2 Å². The molecule has 1 atom stereocenters.